The van der Waals surface area contributed by atoms with E-state index in [1.807, 2.05) is 0 Å². The van der Waals surface area contributed by atoms with Crippen LogP contribution in [0.2, 0.25) is 0 Å². The van der Waals surface area contributed by atoms with Crippen molar-refractivity contribution in [3.05, 3.63) is 0 Å². The number of unbranched alkanes of at least 4 members (excludes halogenated alkanes) is 2. The lowest BCUT2D eigenvalue weighted by atomic mass is 9.97. The summed E-state index contributed by atoms with van der Waals surface area (Å²) in [5.74, 6) is 1.89. The van der Waals surface area contributed by atoms with Gasteiger partial charge in [0.05, 0.1) is 0 Å². The summed E-state index contributed by atoms with van der Waals surface area (Å²) >= 11 is 0. The Balaban J connectivity index is 3.19. The fraction of sp³-hybridized carbons (Fsp3) is 1.00. The van der Waals surface area contributed by atoms with Crippen molar-refractivity contribution in [2.45, 2.75) is 91.9 Å². The fourth-order valence-corrected chi connectivity index (χ4v) is 2.77. The van der Waals surface area contributed by atoms with Crippen molar-refractivity contribution in [1.82, 2.24) is 0 Å². The minimum absolute atomic E-state index is 0.944. The van der Waals surface area contributed by atoms with Crippen molar-refractivity contribution >= 4 is 0 Å². The van der Waals surface area contributed by atoms with Crippen LogP contribution < -0.4 is 0 Å². The molecule has 0 aliphatic rings. The summed E-state index contributed by atoms with van der Waals surface area (Å²) in [6.07, 6.45) is 13.4. The van der Waals surface area contributed by atoms with E-state index in [0.29, 0.717) is 0 Å². The Morgan fingerprint density at radius 1 is 0.579 bits per heavy atom. The Morgan fingerprint density at radius 3 is 1.26 bits per heavy atom. The molecule has 19 heavy (non-hydrogen) atoms. The van der Waals surface area contributed by atoms with Crippen LogP contribution in [0, 0.1) is 11.8 Å². The van der Waals surface area contributed by atoms with Gasteiger partial charge in [-0.2, -0.15) is 0 Å². The highest BCUT2D eigenvalue weighted by molar-refractivity contribution is 4.56. The second-order valence-corrected chi connectivity index (χ2v) is 5.97. The average molecular weight is 271 g/mol. The standard InChI is InChI=1S/C18H38O/c1-5-17(6-2)13-9-11-15-19-16-12-10-14-18(7-3)8-4/h17-18H,5-16H2,1-4H3. The van der Waals surface area contributed by atoms with Gasteiger partial charge in [0.2, 0.25) is 0 Å². The Labute approximate surface area is 122 Å². The Morgan fingerprint density at radius 2 is 0.947 bits per heavy atom. The number of ether oxygens (including phenoxy) is 1. The van der Waals surface area contributed by atoms with E-state index in [4.69, 9.17) is 4.74 Å². The third-order valence-corrected chi connectivity index (χ3v) is 4.61. The van der Waals surface area contributed by atoms with Gasteiger partial charge in [-0.3, -0.25) is 0 Å². The molecule has 0 saturated carbocycles. The molecule has 1 heteroatoms. The van der Waals surface area contributed by atoms with E-state index >= 15 is 0 Å². The van der Waals surface area contributed by atoms with Crippen LogP contribution in [0.1, 0.15) is 91.9 Å². The van der Waals surface area contributed by atoms with Crippen LogP contribution in [0.4, 0.5) is 0 Å². The van der Waals surface area contributed by atoms with E-state index in [9.17, 15) is 0 Å². The zero-order chi connectivity index (χ0) is 14.3. The number of rotatable bonds is 14. The maximum Gasteiger partial charge on any atom is 0.0466 e. The molecule has 0 atom stereocenters. The van der Waals surface area contributed by atoms with Gasteiger partial charge in [-0.25, -0.2) is 0 Å². The van der Waals surface area contributed by atoms with Crippen molar-refractivity contribution in [3.63, 3.8) is 0 Å². The molecule has 0 amide bonds. The van der Waals surface area contributed by atoms with E-state index in [1.54, 1.807) is 0 Å². The molecule has 0 rings (SSSR count). The molecule has 0 unspecified atom stereocenters. The van der Waals surface area contributed by atoms with Crippen LogP contribution in [-0.4, -0.2) is 13.2 Å². The quantitative estimate of drug-likeness (QED) is 0.341. The van der Waals surface area contributed by atoms with Crippen LogP contribution >= 0.6 is 0 Å². The maximum absolute atomic E-state index is 5.73. The molecule has 116 valence electrons. The summed E-state index contributed by atoms with van der Waals surface area (Å²) in [4.78, 5) is 0. The Kier molecular flexibility index (Phi) is 14.3. The molecule has 0 bridgehead atoms. The van der Waals surface area contributed by atoms with E-state index in [0.717, 1.165) is 25.0 Å². The molecule has 0 aliphatic carbocycles. The van der Waals surface area contributed by atoms with Gasteiger partial charge in [0.1, 0.15) is 0 Å². The SMILES string of the molecule is CCC(CC)CCCCOCCCCC(CC)CC. The first kappa shape index (κ1) is 19.0. The lowest BCUT2D eigenvalue weighted by Crippen LogP contribution is -2.02. The van der Waals surface area contributed by atoms with Crippen LogP contribution in [-0.2, 0) is 4.74 Å². The molecule has 1 nitrogen and oxygen atoms in total. The fourth-order valence-electron chi connectivity index (χ4n) is 2.77. The van der Waals surface area contributed by atoms with Gasteiger partial charge in [0, 0.05) is 13.2 Å². The first-order valence-corrected chi connectivity index (χ1v) is 8.86. The van der Waals surface area contributed by atoms with Crippen LogP contribution in [0.25, 0.3) is 0 Å². The van der Waals surface area contributed by atoms with Gasteiger partial charge < -0.3 is 4.74 Å². The van der Waals surface area contributed by atoms with E-state index < -0.39 is 0 Å². The Hall–Kier alpha value is -0.0400. The molecule has 0 heterocycles. The molecule has 0 N–H and O–H groups in total. The van der Waals surface area contributed by atoms with Crippen molar-refractivity contribution in [2.24, 2.45) is 11.8 Å². The summed E-state index contributed by atoms with van der Waals surface area (Å²) in [5, 5.41) is 0. The van der Waals surface area contributed by atoms with Gasteiger partial charge in [0.25, 0.3) is 0 Å². The highest BCUT2D eigenvalue weighted by Crippen LogP contribution is 2.17. The largest absolute Gasteiger partial charge is 0.381 e. The van der Waals surface area contributed by atoms with Crippen molar-refractivity contribution in [1.29, 1.82) is 0 Å². The summed E-state index contributed by atoms with van der Waals surface area (Å²) < 4.78 is 5.73. The van der Waals surface area contributed by atoms with Gasteiger partial charge >= 0.3 is 0 Å². The average Bonchev–Trinajstić information content (AvgIpc) is 2.45. The molecular formula is C18H38O. The highest BCUT2D eigenvalue weighted by atomic mass is 16.5. The van der Waals surface area contributed by atoms with Crippen LogP contribution in [0.15, 0.2) is 0 Å². The maximum atomic E-state index is 5.73. The first-order valence-electron chi connectivity index (χ1n) is 8.86. The summed E-state index contributed by atoms with van der Waals surface area (Å²) in [7, 11) is 0. The predicted octanol–water partition coefficient (Wildman–Crippen LogP) is 6.22. The molecule has 0 spiro atoms. The number of hydrogen-bond acceptors (Lipinski definition) is 1. The molecule has 0 aliphatic heterocycles. The molecule has 0 saturated heterocycles. The van der Waals surface area contributed by atoms with Crippen molar-refractivity contribution in [3.8, 4) is 0 Å². The normalized spacial score (nSPS) is 11.7. The zero-order valence-electron chi connectivity index (χ0n) is 14.0. The minimum Gasteiger partial charge on any atom is -0.381 e. The summed E-state index contributed by atoms with van der Waals surface area (Å²) in [5.41, 5.74) is 0. The second-order valence-electron chi connectivity index (χ2n) is 5.97. The van der Waals surface area contributed by atoms with Crippen molar-refractivity contribution in [2.75, 3.05) is 13.2 Å². The van der Waals surface area contributed by atoms with Crippen molar-refractivity contribution < 1.29 is 4.74 Å². The molecule has 0 aromatic heterocycles. The zero-order valence-corrected chi connectivity index (χ0v) is 14.0. The molecule has 0 aromatic rings. The molecular weight excluding hydrogens is 232 g/mol. The summed E-state index contributed by atoms with van der Waals surface area (Å²) in [6.45, 7) is 11.2. The van der Waals surface area contributed by atoms with Gasteiger partial charge in [0.15, 0.2) is 0 Å². The molecule has 0 aromatic carbocycles. The smallest absolute Gasteiger partial charge is 0.0466 e. The lowest BCUT2D eigenvalue weighted by Gasteiger charge is -2.12. The third-order valence-electron chi connectivity index (χ3n) is 4.61. The topological polar surface area (TPSA) is 9.23 Å². The van der Waals surface area contributed by atoms with Crippen LogP contribution in [0.5, 0.6) is 0 Å². The van der Waals surface area contributed by atoms with Gasteiger partial charge in [-0.15, -0.1) is 0 Å². The van der Waals surface area contributed by atoms with E-state index in [2.05, 4.69) is 27.7 Å². The van der Waals surface area contributed by atoms with Gasteiger partial charge in [-0.05, 0) is 24.7 Å². The molecule has 0 fully saturated rings. The third kappa shape index (κ3) is 11.5. The van der Waals surface area contributed by atoms with Gasteiger partial charge in [-0.1, -0.05) is 79.1 Å². The van der Waals surface area contributed by atoms with Crippen LogP contribution in [0.3, 0.4) is 0 Å². The second kappa shape index (κ2) is 14.4. The predicted molar refractivity (Wildman–Crippen MR) is 86.7 cm³/mol. The molecule has 0 radical (unpaired) electrons. The first-order chi connectivity index (χ1) is 9.28. The highest BCUT2D eigenvalue weighted by Gasteiger charge is 2.03. The lowest BCUT2D eigenvalue weighted by molar-refractivity contribution is 0.123. The minimum atomic E-state index is 0.944. The summed E-state index contributed by atoms with van der Waals surface area (Å²) in [6, 6.07) is 0. The Bertz CT molecular complexity index is 141. The monoisotopic (exact) mass is 270 g/mol. The number of hydrogen-bond donors (Lipinski definition) is 0. The van der Waals surface area contributed by atoms with E-state index in [-0.39, 0.29) is 0 Å². The van der Waals surface area contributed by atoms with E-state index in [1.165, 1.54) is 64.2 Å².